The second kappa shape index (κ2) is 12.8. The number of nitrogens with zero attached hydrogens (tertiary/aromatic N) is 1. The van der Waals surface area contributed by atoms with Crippen molar-refractivity contribution in [3.63, 3.8) is 0 Å². The summed E-state index contributed by atoms with van der Waals surface area (Å²) in [6, 6.07) is 15.2. The maximum Gasteiger partial charge on any atom is 0.191 e. The molecule has 0 spiro atoms. The Balaban J connectivity index is 0.00000364. The van der Waals surface area contributed by atoms with E-state index in [0.717, 1.165) is 35.8 Å². The Bertz CT molecular complexity index is 711. The number of hydrogen-bond acceptors (Lipinski definition) is 3. The van der Waals surface area contributed by atoms with Crippen LogP contribution in [0, 0.1) is 0 Å². The highest BCUT2D eigenvalue weighted by Crippen LogP contribution is 2.17. The van der Waals surface area contributed by atoms with Crippen LogP contribution >= 0.6 is 35.6 Å². The maximum absolute atomic E-state index is 10.3. The van der Waals surface area contributed by atoms with Crippen molar-refractivity contribution in [1.29, 1.82) is 0 Å². The summed E-state index contributed by atoms with van der Waals surface area (Å²) < 4.78 is 5.13. The number of nitrogens with one attached hydrogen (secondary N) is 2. The predicted octanol–water partition coefficient (Wildman–Crippen LogP) is 3.80. The van der Waals surface area contributed by atoms with Crippen LogP contribution in [-0.4, -0.2) is 37.8 Å². The number of aliphatic imine (C=N–C) groups is 1. The molecule has 0 saturated heterocycles. The third-order valence-electron chi connectivity index (χ3n) is 3.86. The van der Waals surface area contributed by atoms with Gasteiger partial charge in [-0.05, 0) is 48.7 Å². The molecule has 0 amide bonds. The van der Waals surface area contributed by atoms with Gasteiger partial charge in [-0.2, -0.15) is 0 Å². The van der Waals surface area contributed by atoms with Crippen molar-refractivity contribution in [3.05, 3.63) is 64.7 Å². The summed E-state index contributed by atoms with van der Waals surface area (Å²) in [5, 5.41) is 17.5. The minimum atomic E-state index is -0.663. The van der Waals surface area contributed by atoms with Crippen LogP contribution in [0.5, 0.6) is 5.75 Å². The van der Waals surface area contributed by atoms with Gasteiger partial charge in [0.05, 0.1) is 19.8 Å². The van der Waals surface area contributed by atoms with Crippen molar-refractivity contribution in [2.75, 3.05) is 26.7 Å². The average molecular weight is 504 g/mol. The first-order valence-electron chi connectivity index (χ1n) is 8.71. The van der Waals surface area contributed by atoms with Crippen molar-refractivity contribution in [1.82, 2.24) is 10.6 Å². The third kappa shape index (κ3) is 8.36. The van der Waals surface area contributed by atoms with Crippen LogP contribution in [0.1, 0.15) is 24.2 Å². The molecule has 0 saturated carbocycles. The van der Waals surface area contributed by atoms with Gasteiger partial charge in [-0.1, -0.05) is 35.9 Å². The highest BCUT2D eigenvalue weighted by molar-refractivity contribution is 14.0. The molecule has 0 aliphatic carbocycles. The van der Waals surface area contributed by atoms with Crippen molar-refractivity contribution in [2.45, 2.75) is 19.4 Å². The summed E-state index contributed by atoms with van der Waals surface area (Å²) in [6.45, 7) is 3.76. The van der Waals surface area contributed by atoms with E-state index in [4.69, 9.17) is 16.3 Å². The molecule has 0 fully saturated rings. The van der Waals surface area contributed by atoms with Crippen LogP contribution in [0.25, 0.3) is 0 Å². The van der Waals surface area contributed by atoms with Gasteiger partial charge in [-0.15, -0.1) is 24.0 Å². The van der Waals surface area contributed by atoms with Gasteiger partial charge in [0.1, 0.15) is 5.75 Å². The molecule has 2 rings (SSSR count). The minimum absolute atomic E-state index is 0. The van der Waals surface area contributed by atoms with Crippen LogP contribution in [0.3, 0.4) is 0 Å². The monoisotopic (exact) mass is 503 g/mol. The number of benzene rings is 2. The van der Waals surface area contributed by atoms with Crippen LogP contribution in [0.15, 0.2) is 53.5 Å². The van der Waals surface area contributed by atoms with Gasteiger partial charge in [0.15, 0.2) is 5.96 Å². The molecule has 0 aliphatic rings. The molecule has 2 aromatic carbocycles. The molecule has 5 nitrogen and oxygen atoms in total. The highest BCUT2D eigenvalue weighted by atomic mass is 127. The normalized spacial score (nSPS) is 12.1. The molecule has 2 aromatic rings. The van der Waals surface area contributed by atoms with Gasteiger partial charge in [-0.3, -0.25) is 4.99 Å². The Morgan fingerprint density at radius 1 is 1.19 bits per heavy atom. The number of guanidine groups is 1. The molecule has 3 N–H and O–H groups in total. The zero-order valence-corrected chi connectivity index (χ0v) is 18.7. The molecule has 0 radical (unpaired) electrons. The van der Waals surface area contributed by atoms with Crippen molar-refractivity contribution in [2.24, 2.45) is 4.99 Å². The van der Waals surface area contributed by atoms with Gasteiger partial charge in [0.25, 0.3) is 0 Å². The quantitative estimate of drug-likeness (QED) is 0.291. The summed E-state index contributed by atoms with van der Waals surface area (Å²) in [5.74, 6) is 1.45. The largest absolute Gasteiger partial charge is 0.497 e. The molecule has 0 heterocycles. The number of rotatable bonds is 8. The Morgan fingerprint density at radius 2 is 1.93 bits per heavy atom. The lowest BCUT2D eigenvalue weighted by Gasteiger charge is -2.14. The lowest BCUT2D eigenvalue weighted by atomic mass is 10.1. The smallest absolute Gasteiger partial charge is 0.191 e. The van der Waals surface area contributed by atoms with Gasteiger partial charge in [0, 0.05) is 18.1 Å². The Hall–Kier alpha value is -1.51. The Morgan fingerprint density at radius 3 is 2.56 bits per heavy atom. The summed E-state index contributed by atoms with van der Waals surface area (Å²) in [5.41, 5.74) is 1.98. The van der Waals surface area contributed by atoms with Gasteiger partial charge < -0.3 is 20.5 Å². The van der Waals surface area contributed by atoms with Crippen LogP contribution in [0.2, 0.25) is 5.02 Å². The van der Waals surface area contributed by atoms with E-state index in [0.29, 0.717) is 5.96 Å². The molecule has 1 unspecified atom stereocenters. The molecule has 148 valence electrons. The van der Waals surface area contributed by atoms with E-state index in [2.05, 4.69) is 15.6 Å². The summed E-state index contributed by atoms with van der Waals surface area (Å²) >= 11 is 6.01. The van der Waals surface area contributed by atoms with Crippen LogP contribution in [0.4, 0.5) is 0 Å². The van der Waals surface area contributed by atoms with E-state index in [1.807, 2.05) is 55.5 Å². The van der Waals surface area contributed by atoms with Crippen LogP contribution < -0.4 is 15.4 Å². The van der Waals surface area contributed by atoms with Crippen molar-refractivity contribution < 1.29 is 9.84 Å². The third-order valence-corrected chi connectivity index (χ3v) is 4.10. The number of aliphatic hydroxyl groups excluding tert-OH is 1. The van der Waals surface area contributed by atoms with E-state index in [9.17, 15) is 5.11 Å². The Kier molecular flexibility index (Phi) is 11.2. The van der Waals surface area contributed by atoms with Crippen LogP contribution in [-0.2, 0) is 6.42 Å². The lowest BCUT2D eigenvalue weighted by Crippen LogP contribution is -2.38. The number of ether oxygens (including phenoxy) is 1. The molecule has 0 aliphatic heterocycles. The zero-order valence-electron chi connectivity index (χ0n) is 15.6. The molecule has 7 heteroatoms. The van der Waals surface area contributed by atoms with E-state index in [1.165, 1.54) is 5.56 Å². The summed E-state index contributed by atoms with van der Waals surface area (Å²) in [6.07, 6.45) is 0.177. The molecular formula is C20H27ClIN3O2. The lowest BCUT2D eigenvalue weighted by molar-refractivity contribution is 0.187. The first-order valence-corrected chi connectivity index (χ1v) is 9.08. The second-order valence-electron chi connectivity index (χ2n) is 5.82. The molecular weight excluding hydrogens is 477 g/mol. The second-order valence-corrected chi connectivity index (χ2v) is 6.25. The van der Waals surface area contributed by atoms with E-state index < -0.39 is 6.10 Å². The first-order chi connectivity index (χ1) is 12.6. The fourth-order valence-electron chi connectivity index (χ4n) is 2.47. The summed E-state index contributed by atoms with van der Waals surface area (Å²) in [7, 11) is 1.62. The Labute approximate surface area is 183 Å². The minimum Gasteiger partial charge on any atom is -0.497 e. The molecule has 0 aromatic heterocycles. The standard InChI is InChI=1S/C20H26ClN3O2.HI/c1-3-22-20(23-12-11-15-5-4-6-17(21)13-15)24-14-19(25)16-7-9-18(26-2)10-8-16;/h4-10,13,19,25H,3,11-12,14H2,1-2H3,(H2,22,23,24);1H. The predicted molar refractivity (Wildman–Crippen MR) is 123 cm³/mol. The number of methoxy groups -OCH3 is 1. The van der Waals surface area contributed by atoms with Gasteiger partial charge in [-0.25, -0.2) is 0 Å². The zero-order chi connectivity index (χ0) is 18.8. The topological polar surface area (TPSA) is 65.9 Å². The van der Waals surface area contributed by atoms with Crippen molar-refractivity contribution in [3.8, 4) is 5.75 Å². The maximum atomic E-state index is 10.3. The fraction of sp³-hybridized carbons (Fsp3) is 0.350. The van der Waals surface area contributed by atoms with Gasteiger partial charge in [0.2, 0.25) is 0 Å². The average Bonchev–Trinajstić information content (AvgIpc) is 2.66. The first kappa shape index (κ1) is 23.5. The molecule has 0 bridgehead atoms. The van der Waals surface area contributed by atoms with E-state index in [-0.39, 0.29) is 30.5 Å². The molecule has 27 heavy (non-hydrogen) atoms. The number of halogens is 2. The van der Waals surface area contributed by atoms with E-state index in [1.54, 1.807) is 7.11 Å². The molecule has 1 atom stereocenters. The van der Waals surface area contributed by atoms with Crippen molar-refractivity contribution >= 4 is 41.5 Å². The highest BCUT2D eigenvalue weighted by Gasteiger charge is 2.08. The van der Waals surface area contributed by atoms with Gasteiger partial charge >= 0.3 is 0 Å². The fourth-order valence-corrected chi connectivity index (χ4v) is 2.68. The number of hydrogen-bond donors (Lipinski definition) is 3. The SMILES string of the molecule is CCNC(=NCC(O)c1ccc(OC)cc1)NCCc1cccc(Cl)c1.I. The summed E-state index contributed by atoms with van der Waals surface area (Å²) in [4.78, 5) is 4.47. The van der Waals surface area contributed by atoms with E-state index >= 15 is 0 Å². The number of aliphatic hydroxyl groups is 1.